The second-order valence-corrected chi connectivity index (χ2v) is 10.6. The van der Waals surface area contributed by atoms with E-state index >= 15 is 0 Å². The topological polar surface area (TPSA) is 117 Å². The van der Waals surface area contributed by atoms with E-state index in [1.807, 2.05) is 30.9 Å². The van der Waals surface area contributed by atoms with Crippen LogP contribution in [0.1, 0.15) is 26.7 Å². The highest BCUT2D eigenvalue weighted by Gasteiger charge is 2.41. The lowest BCUT2D eigenvalue weighted by Crippen LogP contribution is -2.60. The Kier molecular flexibility index (Phi) is 6.82. The SMILES string of the molecule is COC(=O)C1CCCN1C(=O)CN1CC(C)(C)OC[C@H]1C(=O)Nc1cc(Cl)cc2c1[nH]c1cnccc12. The summed E-state index contributed by atoms with van der Waals surface area (Å²) in [5.41, 5.74) is 1.55. The minimum atomic E-state index is -0.712. The molecule has 4 heterocycles. The van der Waals surface area contributed by atoms with Crippen LogP contribution in [-0.2, 0) is 23.9 Å². The molecule has 2 aliphatic heterocycles. The highest BCUT2D eigenvalue weighted by molar-refractivity contribution is 6.33. The maximum absolute atomic E-state index is 13.6. The van der Waals surface area contributed by atoms with Crippen molar-refractivity contribution >= 4 is 56.9 Å². The third-order valence-corrected chi connectivity index (χ3v) is 7.29. The summed E-state index contributed by atoms with van der Waals surface area (Å²) in [6, 6.07) is 4.13. The van der Waals surface area contributed by atoms with Crippen LogP contribution in [0.2, 0.25) is 5.02 Å². The first-order valence-electron chi connectivity index (χ1n) is 12.3. The van der Waals surface area contributed by atoms with Gasteiger partial charge in [-0.05, 0) is 44.9 Å². The first kappa shape index (κ1) is 25.4. The van der Waals surface area contributed by atoms with Gasteiger partial charge in [-0.2, -0.15) is 0 Å². The van der Waals surface area contributed by atoms with Gasteiger partial charge in [0.15, 0.2) is 0 Å². The van der Waals surface area contributed by atoms with E-state index in [1.54, 1.807) is 23.4 Å². The molecule has 0 radical (unpaired) electrons. The molecule has 11 heteroatoms. The van der Waals surface area contributed by atoms with E-state index in [9.17, 15) is 14.4 Å². The molecular weight excluding hydrogens is 498 g/mol. The van der Waals surface area contributed by atoms with Crippen molar-refractivity contribution in [3.05, 3.63) is 35.6 Å². The van der Waals surface area contributed by atoms with Crippen LogP contribution < -0.4 is 5.32 Å². The fourth-order valence-electron chi connectivity index (χ4n) is 5.31. The first-order valence-corrected chi connectivity index (χ1v) is 12.7. The van der Waals surface area contributed by atoms with Crippen molar-refractivity contribution in [1.29, 1.82) is 0 Å². The molecule has 2 saturated heterocycles. The zero-order valence-electron chi connectivity index (χ0n) is 21.0. The molecule has 2 amide bonds. The van der Waals surface area contributed by atoms with E-state index < -0.39 is 23.7 Å². The van der Waals surface area contributed by atoms with E-state index in [1.165, 1.54) is 7.11 Å². The Hall–Kier alpha value is -3.21. The Morgan fingerprint density at radius 3 is 2.86 bits per heavy atom. The van der Waals surface area contributed by atoms with Gasteiger partial charge < -0.3 is 24.7 Å². The number of hydrogen-bond acceptors (Lipinski definition) is 7. The number of likely N-dealkylation sites (tertiary alicyclic amines) is 1. The quantitative estimate of drug-likeness (QED) is 0.490. The third-order valence-electron chi connectivity index (χ3n) is 7.08. The minimum absolute atomic E-state index is 0.0125. The predicted molar refractivity (Wildman–Crippen MR) is 139 cm³/mol. The summed E-state index contributed by atoms with van der Waals surface area (Å²) in [7, 11) is 1.32. The summed E-state index contributed by atoms with van der Waals surface area (Å²) in [4.78, 5) is 49.9. The minimum Gasteiger partial charge on any atom is -0.467 e. The number of carbonyl (C=O) groups excluding carboxylic acids is 3. The molecule has 3 aromatic rings. The number of ether oxygens (including phenoxy) is 2. The normalized spacial score (nSPS) is 21.9. The van der Waals surface area contributed by atoms with Crippen LogP contribution in [0.3, 0.4) is 0 Å². The van der Waals surface area contributed by atoms with Gasteiger partial charge >= 0.3 is 5.97 Å². The Balaban J connectivity index is 1.39. The summed E-state index contributed by atoms with van der Waals surface area (Å²) in [6.45, 7) is 4.80. The average Bonchev–Trinajstić information content (AvgIpc) is 3.48. The van der Waals surface area contributed by atoms with Crippen LogP contribution in [0.15, 0.2) is 30.6 Å². The lowest BCUT2D eigenvalue weighted by molar-refractivity contribution is -0.156. The van der Waals surface area contributed by atoms with Crippen molar-refractivity contribution < 1.29 is 23.9 Å². The van der Waals surface area contributed by atoms with Crippen molar-refractivity contribution in [3.8, 4) is 0 Å². The van der Waals surface area contributed by atoms with Gasteiger partial charge in [0, 0.05) is 35.1 Å². The van der Waals surface area contributed by atoms with E-state index in [2.05, 4.69) is 15.3 Å². The number of H-pyrrole nitrogens is 1. The molecule has 0 spiro atoms. The van der Waals surface area contributed by atoms with Crippen molar-refractivity contribution in [1.82, 2.24) is 19.8 Å². The predicted octanol–water partition coefficient (Wildman–Crippen LogP) is 2.95. The van der Waals surface area contributed by atoms with Gasteiger partial charge in [0.2, 0.25) is 11.8 Å². The number of fused-ring (bicyclic) bond motifs is 3. The molecule has 2 atom stereocenters. The highest BCUT2D eigenvalue weighted by Crippen LogP contribution is 2.33. The summed E-state index contributed by atoms with van der Waals surface area (Å²) in [5, 5.41) is 5.30. The number of aromatic nitrogens is 2. The number of carbonyl (C=O) groups is 3. The Morgan fingerprint density at radius 2 is 2.08 bits per heavy atom. The number of amides is 2. The summed E-state index contributed by atoms with van der Waals surface area (Å²) in [6.07, 6.45) is 4.73. The van der Waals surface area contributed by atoms with E-state index in [4.69, 9.17) is 21.1 Å². The van der Waals surface area contributed by atoms with Crippen molar-refractivity contribution in [2.45, 2.75) is 44.4 Å². The van der Waals surface area contributed by atoms with Crippen molar-refractivity contribution in [2.75, 3.05) is 38.7 Å². The fourth-order valence-corrected chi connectivity index (χ4v) is 5.52. The molecule has 0 aliphatic carbocycles. The number of hydrogen-bond donors (Lipinski definition) is 2. The number of aromatic amines is 1. The van der Waals surface area contributed by atoms with Gasteiger partial charge in [0.25, 0.3) is 0 Å². The maximum Gasteiger partial charge on any atom is 0.328 e. The fraction of sp³-hybridized carbons (Fsp3) is 0.462. The number of nitrogens with zero attached hydrogens (tertiary/aromatic N) is 3. The number of rotatable bonds is 5. The zero-order chi connectivity index (χ0) is 26.3. The molecule has 2 N–H and O–H groups in total. The number of morpholine rings is 1. The summed E-state index contributed by atoms with van der Waals surface area (Å²) < 4.78 is 10.8. The number of pyridine rings is 1. The van der Waals surface area contributed by atoms with Crippen LogP contribution >= 0.6 is 11.6 Å². The van der Waals surface area contributed by atoms with Crippen LogP contribution in [0.25, 0.3) is 21.8 Å². The van der Waals surface area contributed by atoms with Gasteiger partial charge in [-0.3, -0.25) is 19.5 Å². The second-order valence-electron chi connectivity index (χ2n) is 10.2. The van der Waals surface area contributed by atoms with Gasteiger partial charge in [0.05, 0.1) is 48.8 Å². The number of benzene rings is 1. The molecule has 2 aliphatic rings. The lowest BCUT2D eigenvalue weighted by Gasteiger charge is -2.43. The standard InChI is InChI=1S/C26H30ClN5O5/c1-26(2)14-31(12-22(33)32-8-4-5-20(32)25(35)36-3)21(13-37-26)24(34)30-18-10-15(27)9-17-16-6-7-28-11-19(16)29-23(17)18/h6-7,9-11,20-21,29H,4-5,8,12-14H2,1-3H3,(H,30,34)/t20?,21-/m0/s1. The Morgan fingerprint density at radius 1 is 1.27 bits per heavy atom. The molecule has 196 valence electrons. The first-order chi connectivity index (χ1) is 17.7. The monoisotopic (exact) mass is 527 g/mol. The average molecular weight is 528 g/mol. The molecule has 0 saturated carbocycles. The number of nitrogens with one attached hydrogen (secondary N) is 2. The van der Waals surface area contributed by atoms with Gasteiger partial charge in [-0.15, -0.1) is 0 Å². The van der Waals surface area contributed by atoms with E-state index in [0.29, 0.717) is 30.2 Å². The Bertz CT molecular complexity index is 1370. The van der Waals surface area contributed by atoms with Crippen LogP contribution in [0, 0.1) is 0 Å². The lowest BCUT2D eigenvalue weighted by atomic mass is 10.0. The van der Waals surface area contributed by atoms with Gasteiger partial charge in [0.1, 0.15) is 12.1 Å². The smallest absolute Gasteiger partial charge is 0.328 e. The van der Waals surface area contributed by atoms with Crippen LogP contribution in [0.5, 0.6) is 0 Å². The van der Waals surface area contributed by atoms with Crippen LogP contribution in [-0.4, -0.2) is 88.6 Å². The largest absolute Gasteiger partial charge is 0.467 e. The molecule has 1 unspecified atom stereocenters. The van der Waals surface area contributed by atoms with Crippen LogP contribution in [0.4, 0.5) is 5.69 Å². The third kappa shape index (κ3) is 5.01. The Labute approximate surface area is 219 Å². The highest BCUT2D eigenvalue weighted by atomic mass is 35.5. The molecule has 1 aromatic carbocycles. The van der Waals surface area contributed by atoms with E-state index in [-0.39, 0.29) is 25.0 Å². The molecule has 0 bridgehead atoms. The summed E-state index contributed by atoms with van der Waals surface area (Å²) in [5.74, 6) is -0.938. The van der Waals surface area contributed by atoms with E-state index in [0.717, 1.165) is 28.2 Å². The number of esters is 1. The maximum atomic E-state index is 13.6. The number of anilines is 1. The second kappa shape index (κ2) is 9.92. The summed E-state index contributed by atoms with van der Waals surface area (Å²) >= 11 is 6.41. The molecular formula is C26H30ClN5O5. The molecule has 5 rings (SSSR count). The molecule has 2 fully saturated rings. The van der Waals surface area contributed by atoms with Gasteiger partial charge in [-0.1, -0.05) is 11.6 Å². The van der Waals surface area contributed by atoms with Crippen molar-refractivity contribution in [2.24, 2.45) is 0 Å². The zero-order valence-corrected chi connectivity index (χ0v) is 21.8. The number of halogens is 1. The number of methoxy groups -OCH3 is 1. The van der Waals surface area contributed by atoms with Gasteiger partial charge in [-0.25, -0.2) is 4.79 Å². The molecule has 37 heavy (non-hydrogen) atoms. The molecule has 2 aromatic heterocycles. The van der Waals surface area contributed by atoms with Crippen molar-refractivity contribution in [3.63, 3.8) is 0 Å². The molecule has 10 nitrogen and oxygen atoms in total.